The molecule has 2 N–H and O–H groups in total. The molecule has 0 fully saturated rings. The van der Waals surface area contributed by atoms with Gasteiger partial charge in [-0.25, -0.2) is 9.59 Å². The summed E-state index contributed by atoms with van der Waals surface area (Å²) in [5.41, 5.74) is 0.780. The van der Waals surface area contributed by atoms with E-state index in [4.69, 9.17) is 5.11 Å². The van der Waals surface area contributed by atoms with Crippen molar-refractivity contribution in [2.24, 2.45) is 0 Å². The number of ether oxygens (including phenoxy) is 1. The van der Waals surface area contributed by atoms with E-state index in [0.29, 0.717) is 11.3 Å². The van der Waals surface area contributed by atoms with Gasteiger partial charge in [-0.3, -0.25) is 4.79 Å². The normalized spacial score (nSPS) is 9.86. The fourth-order valence-corrected chi connectivity index (χ4v) is 1.87. The number of rotatable bonds is 4. The van der Waals surface area contributed by atoms with Crippen molar-refractivity contribution in [1.29, 1.82) is 0 Å². The van der Waals surface area contributed by atoms with Crippen LogP contribution in [-0.2, 0) is 4.74 Å². The standard InChI is InChI=1S/C16H13NO5/c1-22-16(21)10-6-8-11(9-7-10)17-14(18)12-4-2-3-5-13(12)15(19)20/h2-9H,1H3,(H,17,18)(H,19,20). The highest BCUT2D eigenvalue weighted by molar-refractivity contribution is 6.10. The van der Waals surface area contributed by atoms with Crippen LogP contribution in [0, 0.1) is 0 Å². The smallest absolute Gasteiger partial charge is 0.337 e. The van der Waals surface area contributed by atoms with Gasteiger partial charge in [0.15, 0.2) is 0 Å². The highest BCUT2D eigenvalue weighted by atomic mass is 16.5. The van der Waals surface area contributed by atoms with Gasteiger partial charge in [0.05, 0.1) is 23.8 Å². The van der Waals surface area contributed by atoms with Crippen molar-refractivity contribution in [3.05, 3.63) is 65.2 Å². The monoisotopic (exact) mass is 299 g/mol. The van der Waals surface area contributed by atoms with E-state index < -0.39 is 17.8 Å². The molecule has 6 heteroatoms. The van der Waals surface area contributed by atoms with Crippen molar-refractivity contribution in [2.45, 2.75) is 0 Å². The van der Waals surface area contributed by atoms with Crippen molar-refractivity contribution < 1.29 is 24.2 Å². The van der Waals surface area contributed by atoms with Crippen LogP contribution in [0.2, 0.25) is 0 Å². The van der Waals surface area contributed by atoms with E-state index in [1.54, 1.807) is 12.1 Å². The third-order valence-electron chi connectivity index (χ3n) is 2.97. The summed E-state index contributed by atoms with van der Waals surface area (Å²) in [6.07, 6.45) is 0. The Morgan fingerprint density at radius 3 is 2.09 bits per heavy atom. The number of anilines is 1. The van der Waals surface area contributed by atoms with E-state index in [2.05, 4.69) is 10.1 Å². The first-order chi connectivity index (χ1) is 10.5. The van der Waals surface area contributed by atoms with Crippen LogP contribution in [0.1, 0.15) is 31.1 Å². The van der Waals surface area contributed by atoms with E-state index in [1.807, 2.05) is 0 Å². The first-order valence-corrected chi connectivity index (χ1v) is 6.35. The number of carbonyl (C=O) groups excluding carboxylic acids is 2. The molecule has 0 aromatic heterocycles. The lowest BCUT2D eigenvalue weighted by atomic mass is 10.1. The van der Waals surface area contributed by atoms with Crippen LogP contribution in [0.25, 0.3) is 0 Å². The maximum absolute atomic E-state index is 12.1. The van der Waals surface area contributed by atoms with E-state index in [0.717, 1.165) is 0 Å². The molecule has 2 aromatic rings. The Bertz CT molecular complexity index is 722. The number of carbonyl (C=O) groups is 3. The van der Waals surface area contributed by atoms with Crippen LogP contribution >= 0.6 is 0 Å². The Kier molecular flexibility index (Phi) is 4.53. The summed E-state index contributed by atoms with van der Waals surface area (Å²) >= 11 is 0. The molecule has 0 unspecified atom stereocenters. The van der Waals surface area contributed by atoms with Crippen LogP contribution in [0.3, 0.4) is 0 Å². The highest BCUT2D eigenvalue weighted by Gasteiger charge is 2.16. The largest absolute Gasteiger partial charge is 0.478 e. The molecule has 2 aromatic carbocycles. The number of amides is 1. The topological polar surface area (TPSA) is 92.7 Å². The van der Waals surface area contributed by atoms with E-state index in [1.165, 1.54) is 43.5 Å². The van der Waals surface area contributed by atoms with Gasteiger partial charge in [-0.1, -0.05) is 12.1 Å². The minimum absolute atomic E-state index is 0.0621. The molecule has 6 nitrogen and oxygen atoms in total. The molecule has 112 valence electrons. The van der Waals surface area contributed by atoms with Gasteiger partial charge in [0.25, 0.3) is 5.91 Å². The van der Waals surface area contributed by atoms with Crippen LogP contribution in [-0.4, -0.2) is 30.1 Å². The molecule has 0 saturated heterocycles. The minimum atomic E-state index is -1.17. The first kappa shape index (κ1) is 15.2. The SMILES string of the molecule is COC(=O)c1ccc(NC(=O)c2ccccc2C(=O)O)cc1. The van der Waals surface area contributed by atoms with Gasteiger partial charge in [-0.2, -0.15) is 0 Å². The maximum atomic E-state index is 12.1. The molecular formula is C16H13NO5. The number of methoxy groups -OCH3 is 1. The lowest BCUT2D eigenvalue weighted by Crippen LogP contribution is -2.16. The number of hydrogen-bond acceptors (Lipinski definition) is 4. The highest BCUT2D eigenvalue weighted by Crippen LogP contribution is 2.14. The molecular weight excluding hydrogens is 286 g/mol. The second-order valence-electron chi connectivity index (χ2n) is 4.37. The minimum Gasteiger partial charge on any atom is -0.478 e. The van der Waals surface area contributed by atoms with Crippen LogP contribution in [0.5, 0.6) is 0 Å². The van der Waals surface area contributed by atoms with Crippen molar-refractivity contribution in [2.75, 3.05) is 12.4 Å². The van der Waals surface area contributed by atoms with Gasteiger partial charge in [0.2, 0.25) is 0 Å². The molecule has 2 rings (SSSR count). The summed E-state index contributed by atoms with van der Waals surface area (Å²) in [7, 11) is 1.28. The first-order valence-electron chi connectivity index (χ1n) is 6.35. The van der Waals surface area contributed by atoms with Crippen molar-refractivity contribution in [3.8, 4) is 0 Å². The van der Waals surface area contributed by atoms with Crippen molar-refractivity contribution in [3.63, 3.8) is 0 Å². The summed E-state index contributed by atoms with van der Waals surface area (Å²) in [5.74, 6) is -2.19. The van der Waals surface area contributed by atoms with E-state index in [-0.39, 0.29) is 11.1 Å². The van der Waals surface area contributed by atoms with Gasteiger partial charge in [-0.05, 0) is 36.4 Å². The summed E-state index contributed by atoms with van der Waals surface area (Å²) in [5, 5.41) is 11.7. The Labute approximate surface area is 126 Å². The average molecular weight is 299 g/mol. The lowest BCUT2D eigenvalue weighted by molar-refractivity contribution is 0.0599. The fourth-order valence-electron chi connectivity index (χ4n) is 1.87. The zero-order valence-electron chi connectivity index (χ0n) is 11.7. The third-order valence-corrected chi connectivity index (χ3v) is 2.97. The summed E-state index contributed by atoms with van der Waals surface area (Å²) in [6, 6.07) is 12.0. The summed E-state index contributed by atoms with van der Waals surface area (Å²) in [4.78, 5) is 34.6. The Balaban J connectivity index is 2.19. The molecule has 0 atom stereocenters. The number of nitrogens with one attached hydrogen (secondary N) is 1. The van der Waals surface area contributed by atoms with Gasteiger partial charge >= 0.3 is 11.9 Å². The zero-order valence-corrected chi connectivity index (χ0v) is 11.7. The summed E-state index contributed by atoms with van der Waals surface area (Å²) in [6.45, 7) is 0. The quantitative estimate of drug-likeness (QED) is 0.846. The number of benzene rings is 2. The van der Waals surface area contributed by atoms with Gasteiger partial charge in [0.1, 0.15) is 0 Å². The predicted molar refractivity (Wildman–Crippen MR) is 79.1 cm³/mol. The zero-order chi connectivity index (χ0) is 16.1. The second kappa shape index (κ2) is 6.53. The molecule has 22 heavy (non-hydrogen) atoms. The van der Waals surface area contributed by atoms with Gasteiger partial charge < -0.3 is 15.2 Å². The molecule has 0 aliphatic heterocycles. The van der Waals surface area contributed by atoms with Crippen LogP contribution in [0.4, 0.5) is 5.69 Å². The van der Waals surface area contributed by atoms with E-state index >= 15 is 0 Å². The Morgan fingerprint density at radius 1 is 0.955 bits per heavy atom. The lowest BCUT2D eigenvalue weighted by Gasteiger charge is -2.08. The number of hydrogen-bond donors (Lipinski definition) is 2. The number of carboxylic acid groups (broad SMARTS) is 1. The van der Waals surface area contributed by atoms with Gasteiger partial charge in [-0.15, -0.1) is 0 Å². The second-order valence-corrected chi connectivity index (χ2v) is 4.37. The maximum Gasteiger partial charge on any atom is 0.337 e. The molecule has 0 aliphatic rings. The molecule has 0 radical (unpaired) electrons. The fraction of sp³-hybridized carbons (Fsp3) is 0.0625. The molecule has 0 saturated carbocycles. The third kappa shape index (κ3) is 3.29. The van der Waals surface area contributed by atoms with Crippen molar-refractivity contribution in [1.82, 2.24) is 0 Å². The number of carboxylic acids is 1. The van der Waals surface area contributed by atoms with E-state index in [9.17, 15) is 14.4 Å². The van der Waals surface area contributed by atoms with Crippen LogP contribution in [0.15, 0.2) is 48.5 Å². The van der Waals surface area contributed by atoms with Crippen LogP contribution < -0.4 is 5.32 Å². The van der Waals surface area contributed by atoms with Crippen molar-refractivity contribution >= 4 is 23.5 Å². The average Bonchev–Trinajstić information content (AvgIpc) is 2.54. The molecule has 0 heterocycles. The Morgan fingerprint density at radius 2 is 1.55 bits per heavy atom. The predicted octanol–water partition coefficient (Wildman–Crippen LogP) is 2.42. The Hall–Kier alpha value is -3.15. The number of esters is 1. The molecule has 0 spiro atoms. The summed E-state index contributed by atoms with van der Waals surface area (Å²) < 4.78 is 4.58. The molecule has 0 aliphatic carbocycles. The number of aromatic carboxylic acids is 1. The van der Waals surface area contributed by atoms with Gasteiger partial charge in [0, 0.05) is 5.69 Å². The molecule has 0 bridgehead atoms. The molecule has 1 amide bonds.